The molecule has 1 saturated heterocycles. The number of nitrogens with one attached hydrogen (secondary N) is 1. The van der Waals surface area contributed by atoms with E-state index < -0.39 is 0 Å². The number of hydrogen-bond acceptors (Lipinski definition) is 4. The van der Waals surface area contributed by atoms with Crippen LogP contribution in [0, 0.1) is 17.2 Å². The first-order valence-electron chi connectivity index (χ1n) is 6.98. The van der Waals surface area contributed by atoms with Crippen LogP contribution in [0.15, 0.2) is 30.3 Å². The van der Waals surface area contributed by atoms with E-state index in [1.165, 1.54) is 24.3 Å². The lowest BCUT2D eigenvalue weighted by atomic mass is 10.0. The zero-order valence-corrected chi connectivity index (χ0v) is 12.1. The second-order valence-electron chi connectivity index (χ2n) is 5.13. The second-order valence-corrected chi connectivity index (χ2v) is 6.35. The van der Waals surface area contributed by atoms with Crippen molar-refractivity contribution in [1.82, 2.24) is 4.98 Å². The van der Waals surface area contributed by atoms with Gasteiger partial charge in [-0.2, -0.15) is 17.0 Å². The van der Waals surface area contributed by atoms with Crippen molar-refractivity contribution in [3.05, 3.63) is 35.9 Å². The Hall–Kier alpha value is -1.73. The summed E-state index contributed by atoms with van der Waals surface area (Å²) < 4.78 is 0. The number of anilines is 1. The topological polar surface area (TPSA) is 48.7 Å². The molecule has 1 aliphatic heterocycles. The Morgan fingerprint density at radius 2 is 2.10 bits per heavy atom. The summed E-state index contributed by atoms with van der Waals surface area (Å²) in [5.41, 5.74) is 1.57. The molecule has 0 radical (unpaired) electrons. The molecule has 102 valence electrons. The van der Waals surface area contributed by atoms with E-state index in [2.05, 4.69) is 16.4 Å². The Balaban J connectivity index is 1.80. The molecule has 3 rings (SSSR count). The molecule has 0 aliphatic carbocycles. The van der Waals surface area contributed by atoms with E-state index in [-0.39, 0.29) is 0 Å². The molecule has 3 nitrogen and oxygen atoms in total. The first-order chi connectivity index (χ1) is 9.86. The zero-order chi connectivity index (χ0) is 13.8. The van der Waals surface area contributed by atoms with Gasteiger partial charge in [-0.1, -0.05) is 18.2 Å². The van der Waals surface area contributed by atoms with Crippen molar-refractivity contribution in [3.63, 3.8) is 0 Å². The number of rotatable bonds is 3. The average molecular weight is 283 g/mol. The number of pyridine rings is 1. The minimum Gasteiger partial charge on any atom is -0.369 e. The molecule has 2 aromatic rings. The predicted octanol–water partition coefficient (Wildman–Crippen LogP) is 3.66. The molecule has 1 aromatic carbocycles. The Morgan fingerprint density at radius 3 is 2.90 bits per heavy atom. The van der Waals surface area contributed by atoms with Crippen molar-refractivity contribution in [2.45, 2.75) is 12.8 Å². The highest BCUT2D eigenvalue weighted by atomic mass is 32.2. The van der Waals surface area contributed by atoms with Gasteiger partial charge >= 0.3 is 0 Å². The summed E-state index contributed by atoms with van der Waals surface area (Å²) in [6, 6.07) is 12.1. The normalized spacial score (nSPS) is 15.9. The highest BCUT2D eigenvalue weighted by molar-refractivity contribution is 7.99. The smallest absolute Gasteiger partial charge is 0.144 e. The fourth-order valence-electron chi connectivity index (χ4n) is 2.53. The highest BCUT2D eigenvalue weighted by Crippen LogP contribution is 2.24. The van der Waals surface area contributed by atoms with Crippen LogP contribution in [0.25, 0.3) is 10.9 Å². The van der Waals surface area contributed by atoms with E-state index in [9.17, 15) is 5.26 Å². The van der Waals surface area contributed by atoms with Gasteiger partial charge in [-0.15, -0.1) is 0 Å². The van der Waals surface area contributed by atoms with E-state index in [0.29, 0.717) is 11.5 Å². The second kappa shape index (κ2) is 6.15. The third-order valence-corrected chi connectivity index (χ3v) is 4.79. The number of benzene rings is 1. The number of para-hydroxylation sites is 1. The van der Waals surface area contributed by atoms with Crippen molar-refractivity contribution in [3.8, 4) is 6.07 Å². The van der Waals surface area contributed by atoms with Crippen LogP contribution in [0.4, 0.5) is 5.82 Å². The molecule has 0 spiro atoms. The summed E-state index contributed by atoms with van der Waals surface area (Å²) in [7, 11) is 0. The first kappa shape index (κ1) is 13.3. The molecule has 2 heterocycles. The molecule has 4 heteroatoms. The number of nitrogens with zero attached hydrogens (tertiary/aromatic N) is 2. The largest absolute Gasteiger partial charge is 0.369 e. The van der Waals surface area contributed by atoms with Crippen molar-refractivity contribution < 1.29 is 0 Å². The Kier molecular flexibility index (Phi) is 4.08. The van der Waals surface area contributed by atoms with Crippen LogP contribution in [0.3, 0.4) is 0 Å². The molecular formula is C16H17N3S. The van der Waals surface area contributed by atoms with Gasteiger partial charge in [-0.05, 0) is 42.4 Å². The number of thioether (sulfide) groups is 1. The molecule has 0 amide bonds. The van der Waals surface area contributed by atoms with E-state index in [0.717, 1.165) is 23.3 Å². The van der Waals surface area contributed by atoms with Gasteiger partial charge in [0.2, 0.25) is 0 Å². The maximum atomic E-state index is 9.28. The van der Waals surface area contributed by atoms with Crippen LogP contribution >= 0.6 is 11.8 Å². The van der Waals surface area contributed by atoms with E-state index in [4.69, 9.17) is 0 Å². The summed E-state index contributed by atoms with van der Waals surface area (Å²) in [5.74, 6) is 3.94. The van der Waals surface area contributed by atoms with Crippen LogP contribution in [0.1, 0.15) is 18.4 Å². The summed E-state index contributed by atoms with van der Waals surface area (Å²) in [5, 5.41) is 13.7. The van der Waals surface area contributed by atoms with Crippen LogP contribution in [-0.2, 0) is 0 Å². The molecule has 1 N–H and O–H groups in total. The molecule has 0 saturated carbocycles. The molecular weight excluding hydrogens is 266 g/mol. The van der Waals surface area contributed by atoms with Crippen molar-refractivity contribution in [1.29, 1.82) is 5.26 Å². The predicted molar refractivity (Wildman–Crippen MR) is 85.0 cm³/mol. The Labute approximate surface area is 123 Å². The standard InChI is InChI=1S/C16H17N3S/c17-10-14-9-13-3-1-2-4-15(13)19-16(14)18-11-12-5-7-20-8-6-12/h1-4,9,12H,5-8,11H2,(H,18,19). The Morgan fingerprint density at radius 1 is 1.30 bits per heavy atom. The number of hydrogen-bond donors (Lipinski definition) is 1. The number of aromatic nitrogens is 1. The van der Waals surface area contributed by atoms with Crippen LogP contribution in [0.5, 0.6) is 0 Å². The van der Waals surface area contributed by atoms with E-state index in [1.54, 1.807) is 0 Å². The minimum atomic E-state index is 0.633. The maximum absolute atomic E-state index is 9.28. The summed E-state index contributed by atoms with van der Waals surface area (Å²) in [6.45, 7) is 0.917. The lowest BCUT2D eigenvalue weighted by Gasteiger charge is -2.22. The molecule has 1 aliphatic rings. The molecule has 1 fully saturated rings. The fraction of sp³-hybridized carbons (Fsp3) is 0.375. The summed E-state index contributed by atoms with van der Waals surface area (Å²) >= 11 is 2.03. The van der Waals surface area contributed by atoms with Crippen LogP contribution < -0.4 is 5.32 Å². The third-order valence-electron chi connectivity index (χ3n) is 3.74. The number of nitriles is 1. The van der Waals surface area contributed by atoms with E-state index in [1.807, 2.05) is 42.1 Å². The monoisotopic (exact) mass is 283 g/mol. The van der Waals surface area contributed by atoms with E-state index >= 15 is 0 Å². The quantitative estimate of drug-likeness (QED) is 0.934. The van der Waals surface area contributed by atoms with Crippen LogP contribution in [-0.4, -0.2) is 23.0 Å². The lowest BCUT2D eigenvalue weighted by molar-refractivity contribution is 0.515. The molecule has 20 heavy (non-hydrogen) atoms. The molecule has 0 atom stereocenters. The van der Waals surface area contributed by atoms with Gasteiger partial charge in [0.25, 0.3) is 0 Å². The van der Waals surface area contributed by atoms with Gasteiger partial charge in [0, 0.05) is 11.9 Å². The molecule has 0 bridgehead atoms. The summed E-state index contributed by atoms with van der Waals surface area (Å²) in [6.07, 6.45) is 2.51. The van der Waals surface area contributed by atoms with Gasteiger partial charge in [-0.3, -0.25) is 0 Å². The van der Waals surface area contributed by atoms with Gasteiger partial charge < -0.3 is 5.32 Å². The zero-order valence-electron chi connectivity index (χ0n) is 11.3. The van der Waals surface area contributed by atoms with Crippen molar-refractivity contribution in [2.75, 3.05) is 23.4 Å². The Bertz CT molecular complexity index is 642. The van der Waals surface area contributed by atoms with Crippen molar-refractivity contribution >= 4 is 28.5 Å². The van der Waals surface area contributed by atoms with Gasteiger partial charge in [0.1, 0.15) is 11.9 Å². The molecule has 1 aromatic heterocycles. The first-order valence-corrected chi connectivity index (χ1v) is 8.14. The maximum Gasteiger partial charge on any atom is 0.144 e. The van der Waals surface area contributed by atoms with Crippen molar-refractivity contribution in [2.24, 2.45) is 5.92 Å². The molecule has 0 unspecified atom stereocenters. The summed E-state index contributed by atoms with van der Waals surface area (Å²) in [4.78, 5) is 4.59. The van der Waals surface area contributed by atoms with Crippen LogP contribution in [0.2, 0.25) is 0 Å². The van der Waals surface area contributed by atoms with Gasteiger partial charge in [0.15, 0.2) is 0 Å². The fourth-order valence-corrected chi connectivity index (χ4v) is 3.73. The third kappa shape index (κ3) is 2.88. The lowest BCUT2D eigenvalue weighted by Crippen LogP contribution is -2.20. The van der Waals surface area contributed by atoms with Gasteiger partial charge in [0.05, 0.1) is 11.1 Å². The SMILES string of the molecule is N#Cc1cc2ccccc2nc1NCC1CCSCC1. The average Bonchev–Trinajstić information content (AvgIpc) is 2.53. The van der Waals surface area contributed by atoms with Gasteiger partial charge in [-0.25, -0.2) is 4.98 Å². The number of fused-ring (bicyclic) bond motifs is 1. The highest BCUT2D eigenvalue weighted by Gasteiger charge is 2.14. The minimum absolute atomic E-state index is 0.633.